The number of aldehydes is 2. The first-order valence-corrected chi connectivity index (χ1v) is 3.88. The minimum absolute atomic E-state index is 0.0959. The summed E-state index contributed by atoms with van der Waals surface area (Å²) in [6.45, 7) is 0. The summed E-state index contributed by atoms with van der Waals surface area (Å²) in [7, 11) is 0. The first-order valence-electron chi connectivity index (χ1n) is 3.88. The van der Waals surface area contributed by atoms with Gasteiger partial charge in [-0.2, -0.15) is 0 Å². The molecule has 1 aromatic rings. The van der Waals surface area contributed by atoms with Crippen LogP contribution in [0.2, 0.25) is 0 Å². The largest absolute Gasteiger partial charge is 0.298 e. The van der Waals surface area contributed by atoms with Gasteiger partial charge in [0.25, 0.3) is 5.69 Å². The average molecular weight is 203 g/mol. The smallest absolute Gasteiger partial charge is 0.270 e. The zero-order valence-electron chi connectivity index (χ0n) is 7.47. The van der Waals surface area contributed by atoms with Gasteiger partial charge in [-0.25, -0.2) is 0 Å². The standard InChI is InChI=1S/C10H5NO4/c12-5-1-2-8-3-4-10(11(14)15)6-9(8)7-13/h3-7H. The molecule has 0 radical (unpaired) electrons. The van der Waals surface area contributed by atoms with E-state index in [1.165, 1.54) is 12.1 Å². The van der Waals surface area contributed by atoms with Gasteiger partial charge in [-0.1, -0.05) is 5.92 Å². The molecule has 1 aromatic carbocycles. The molecular weight excluding hydrogens is 198 g/mol. The number of nitro benzene ring substituents is 1. The summed E-state index contributed by atoms with van der Waals surface area (Å²) in [6.07, 6.45) is 0.845. The molecule has 0 aromatic heterocycles. The Balaban J connectivity index is 3.26. The van der Waals surface area contributed by atoms with Crippen LogP contribution in [0.3, 0.4) is 0 Å². The van der Waals surface area contributed by atoms with Gasteiger partial charge in [0.15, 0.2) is 12.6 Å². The lowest BCUT2D eigenvalue weighted by atomic mass is 10.1. The fraction of sp³-hybridized carbons (Fsp3) is 0. The van der Waals surface area contributed by atoms with Crippen LogP contribution in [-0.2, 0) is 4.79 Å². The molecule has 15 heavy (non-hydrogen) atoms. The van der Waals surface area contributed by atoms with Crippen LogP contribution >= 0.6 is 0 Å². The number of non-ortho nitro benzene ring substituents is 1. The van der Waals surface area contributed by atoms with Crippen molar-refractivity contribution in [2.24, 2.45) is 0 Å². The van der Waals surface area contributed by atoms with Crippen LogP contribution in [0, 0.1) is 22.0 Å². The summed E-state index contributed by atoms with van der Waals surface area (Å²) < 4.78 is 0. The third kappa shape index (κ3) is 2.48. The molecule has 0 fully saturated rings. The summed E-state index contributed by atoms with van der Waals surface area (Å²) in [5, 5.41) is 10.4. The maximum atomic E-state index is 10.6. The zero-order valence-corrected chi connectivity index (χ0v) is 7.47. The minimum Gasteiger partial charge on any atom is -0.298 e. The van der Waals surface area contributed by atoms with Crippen molar-refractivity contribution in [1.82, 2.24) is 0 Å². The Morgan fingerprint density at radius 3 is 2.60 bits per heavy atom. The minimum atomic E-state index is -0.607. The van der Waals surface area contributed by atoms with Crippen molar-refractivity contribution in [3.63, 3.8) is 0 Å². The molecule has 0 atom stereocenters. The Morgan fingerprint density at radius 2 is 2.07 bits per heavy atom. The van der Waals surface area contributed by atoms with E-state index in [0.29, 0.717) is 18.1 Å². The van der Waals surface area contributed by atoms with E-state index in [0.717, 1.165) is 6.07 Å². The molecule has 0 unspecified atom stereocenters. The number of carbonyl (C=O) groups excluding carboxylic acids is 2. The molecule has 0 amide bonds. The maximum absolute atomic E-state index is 10.6. The number of nitrogens with zero attached hydrogens (tertiary/aromatic N) is 1. The Morgan fingerprint density at radius 1 is 1.33 bits per heavy atom. The summed E-state index contributed by atoms with van der Waals surface area (Å²) in [5.41, 5.74) is 0.204. The van der Waals surface area contributed by atoms with Crippen LogP contribution in [0.1, 0.15) is 15.9 Å². The lowest BCUT2D eigenvalue weighted by Gasteiger charge is -1.95. The van der Waals surface area contributed by atoms with Crippen molar-refractivity contribution in [1.29, 1.82) is 0 Å². The first-order chi connectivity index (χ1) is 7.19. The second kappa shape index (κ2) is 4.67. The second-order valence-corrected chi connectivity index (χ2v) is 2.53. The lowest BCUT2D eigenvalue weighted by molar-refractivity contribution is -0.384. The highest BCUT2D eigenvalue weighted by Crippen LogP contribution is 2.15. The van der Waals surface area contributed by atoms with Crippen LogP contribution in [0.25, 0.3) is 0 Å². The number of benzene rings is 1. The van der Waals surface area contributed by atoms with Crippen LogP contribution in [0.4, 0.5) is 5.69 Å². The molecule has 0 saturated heterocycles. The van der Waals surface area contributed by atoms with E-state index < -0.39 is 4.92 Å². The Bertz CT molecular complexity index is 482. The van der Waals surface area contributed by atoms with Gasteiger partial charge >= 0.3 is 0 Å². The summed E-state index contributed by atoms with van der Waals surface area (Å²) in [5.74, 6) is 4.54. The number of nitro groups is 1. The topological polar surface area (TPSA) is 77.3 Å². The number of hydrogen-bond acceptors (Lipinski definition) is 4. The van der Waals surface area contributed by atoms with Crippen molar-refractivity contribution in [3.05, 3.63) is 39.4 Å². The lowest BCUT2D eigenvalue weighted by Crippen LogP contribution is -1.93. The monoisotopic (exact) mass is 203 g/mol. The number of carbonyl (C=O) groups is 2. The number of hydrogen-bond donors (Lipinski definition) is 0. The van der Waals surface area contributed by atoms with Crippen molar-refractivity contribution in [2.45, 2.75) is 0 Å². The van der Waals surface area contributed by atoms with E-state index in [1.54, 1.807) is 0 Å². The van der Waals surface area contributed by atoms with Crippen molar-refractivity contribution in [2.75, 3.05) is 0 Å². The van der Waals surface area contributed by atoms with Gasteiger partial charge in [-0.15, -0.1) is 0 Å². The van der Waals surface area contributed by atoms with Crippen molar-refractivity contribution in [3.8, 4) is 11.8 Å². The highest BCUT2D eigenvalue weighted by molar-refractivity contribution is 5.82. The van der Waals surface area contributed by atoms with Crippen LogP contribution in [0.15, 0.2) is 18.2 Å². The quantitative estimate of drug-likeness (QED) is 0.310. The van der Waals surface area contributed by atoms with E-state index in [9.17, 15) is 19.7 Å². The normalized spacial score (nSPS) is 8.53. The molecule has 0 spiro atoms. The molecule has 1 rings (SSSR count). The molecule has 5 heteroatoms. The van der Waals surface area contributed by atoms with Gasteiger partial charge in [0.05, 0.1) is 4.92 Å². The summed E-state index contributed by atoms with van der Waals surface area (Å²) >= 11 is 0. The SMILES string of the molecule is O=CC#Cc1ccc([N+](=O)[O-])cc1C=O. The molecule has 0 aliphatic rings. The third-order valence-electron chi connectivity index (χ3n) is 1.64. The Hall–Kier alpha value is -2.48. The highest BCUT2D eigenvalue weighted by Gasteiger charge is 2.08. The van der Waals surface area contributed by atoms with Gasteiger partial charge in [-0.3, -0.25) is 19.7 Å². The zero-order chi connectivity index (χ0) is 11.3. The number of rotatable bonds is 2. The highest BCUT2D eigenvalue weighted by atomic mass is 16.6. The van der Waals surface area contributed by atoms with Gasteiger partial charge in [-0.05, 0) is 12.0 Å². The van der Waals surface area contributed by atoms with Crippen LogP contribution < -0.4 is 0 Å². The molecule has 0 bridgehead atoms. The Labute approximate surface area is 84.9 Å². The Kier molecular flexibility index (Phi) is 3.30. The molecule has 0 N–H and O–H groups in total. The van der Waals surface area contributed by atoms with E-state index >= 15 is 0 Å². The van der Waals surface area contributed by atoms with E-state index in [1.807, 2.05) is 0 Å². The van der Waals surface area contributed by atoms with Crippen molar-refractivity contribution >= 4 is 18.3 Å². The van der Waals surface area contributed by atoms with E-state index in [4.69, 9.17) is 0 Å². The predicted molar refractivity (Wildman–Crippen MR) is 51.4 cm³/mol. The third-order valence-corrected chi connectivity index (χ3v) is 1.64. The fourth-order valence-electron chi connectivity index (χ4n) is 0.982. The van der Waals surface area contributed by atoms with E-state index in [-0.39, 0.29) is 11.3 Å². The van der Waals surface area contributed by atoms with Crippen LogP contribution in [0.5, 0.6) is 0 Å². The predicted octanol–water partition coefficient (Wildman–Crippen LogP) is 0.958. The maximum Gasteiger partial charge on any atom is 0.270 e. The molecule has 0 heterocycles. The van der Waals surface area contributed by atoms with Crippen LogP contribution in [-0.4, -0.2) is 17.5 Å². The summed E-state index contributed by atoms with van der Waals surface area (Å²) in [6, 6.07) is 3.67. The first kappa shape index (κ1) is 10.6. The molecular formula is C10H5NO4. The van der Waals surface area contributed by atoms with Gasteiger partial charge in [0, 0.05) is 23.3 Å². The van der Waals surface area contributed by atoms with Crippen molar-refractivity contribution < 1.29 is 14.5 Å². The van der Waals surface area contributed by atoms with Gasteiger partial charge < -0.3 is 0 Å². The molecule has 5 nitrogen and oxygen atoms in total. The van der Waals surface area contributed by atoms with E-state index in [2.05, 4.69) is 11.8 Å². The van der Waals surface area contributed by atoms with Gasteiger partial charge in [0.2, 0.25) is 0 Å². The average Bonchev–Trinajstić information content (AvgIpc) is 2.25. The molecule has 0 aliphatic heterocycles. The molecule has 0 aliphatic carbocycles. The summed E-state index contributed by atoms with van der Waals surface area (Å²) in [4.78, 5) is 30.4. The second-order valence-electron chi connectivity index (χ2n) is 2.53. The molecule has 74 valence electrons. The molecule has 0 saturated carbocycles. The van der Waals surface area contributed by atoms with Gasteiger partial charge in [0.1, 0.15) is 0 Å². The fourth-order valence-corrected chi connectivity index (χ4v) is 0.982.